The first-order valence-corrected chi connectivity index (χ1v) is 7.56. The molecule has 4 heteroatoms. The lowest BCUT2D eigenvalue weighted by Gasteiger charge is -2.36. The molecule has 0 radical (unpaired) electrons. The normalized spacial score (nSPS) is 29.3. The Morgan fingerprint density at radius 1 is 1.61 bits per heavy atom. The summed E-state index contributed by atoms with van der Waals surface area (Å²) in [7, 11) is 0. The number of carbonyl (C=O) groups is 1. The predicted molar refractivity (Wildman–Crippen MR) is 73.4 cm³/mol. The van der Waals surface area contributed by atoms with E-state index in [0.717, 1.165) is 12.2 Å². The van der Waals surface area contributed by atoms with Crippen molar-refractivity contribution in [1.82, 2.24) is 4.90 Å². The predicted octanol–water partition coefficient (Wildman–Crippen LogP) is 2.96. The molecule has 96 valence electrons. The molecule has 0 N–H and O–H groups in total. The molecule has 2 heterocycles. The van der Waals surface area contributed by atoms with Crippen LogP contribution < -0.4 is 0 Å². The summed E-state index contributed by atoms with van der Waals surface area (Å²) in [5, 5.41) is 0. The fraction of sp³-hybridized carbons (Fsp3) is 0.500. The lowest BCUT2D eigenvalue weighted by Crippen LogP contribution is -2.41. The van der Waals surface area contributed by atoms with Gasteiger partial charge >= 0.3 is 6.09 Å². The first-order valence-electron chi connectivity index (χ1n) is 6.41. The Morgan fingerprint density at radius 2 is 2.50 bits per heavy atom. The van der Waals surface area contributed by atoms with Gasteiger partial charge in [0.05, 0.1) is 12.6 Å². The zero-order valence-corrected chi connectivity index (χ0v) is 11.3. The summed E-state index contributed by atoms with van der Waals surface area (Å²) in [6.07, 6.45) is 8.98. The summed E-state index contributed by atoms with van der Waals surface area (Å²) in [5.74, 6) is 2.98. The lowest BCUT2D eigenvalue weighted by atomic mass is 9.82. The third-order valence-corrected chi connectivity index (χ3v) is 4.88. The van der Waals surface area contributed by atoms with Gasteiger partial charge in [-0.2, -0.15) is 11.8 Å². The van der Waals surface area contributed by atoms with Gasteiger partial charge in [-0.3, -0.25) is 4.90 Å². The first-order chi connectivity index (χ1) is 8.79. The van der Waals surface area contributed by atoms with Crippen LogP contribution >= 0.6 is 11.8 Å². The van der Waals surface area contributed by atoms with Crippen LogP contribution in [0.15, 0.2) is 35.6 Å². The summed E-state index contributed by atoms with van der Waals surface area (Å²) < 4.78 is 5.12. The molecule has 0 saturated carbocycles. The van der Waals surface area contributed by atoms with E-state index < -0.39 is 0 Å². The Kier molecular flexibility index (Phi) is 3.20. The van der Waals surface area contributed by atoms with Crippen molar-refractivity contribution in [3.63, 3.8) is 0 Å². The number of hydrogen-bond acceptors (Lipinski definition) is 3. The molecule has 1 fully saturated rings. The van der Waals surface area contributed by atoms with Crippen LogP contribution in [-0.2, 0) is 4.74 Å². The molecule has 1 amide bonds. The third kappa shape index (κ3) is 1.99. The van der Waals surface area contributed by atoms with E-state index in [2.05, 4.69) is 12.2 Å². The number of ether oxygens (including phenoxy) is 1. The van der Waals surface area contributed by atoms with Gasteiger partial charge in [0.1, 0.15) is 0 Å². The number of nitrogens with zero attached hydrogens (tertiary/aromatic N) is 1. The van der Waals surface area contributed by atoms with Gasteiger partial charge in [0.2, 0.25) is 0 Å². The molecular weight excluding hydrogens is 246 g/mol. The Balaban J connectivity index is 1.85. The Morgan fingerprint density at radius 3 is 3.33 bits per heavy atom. The van der Waals surface area contributed by atoms with Crippen molar-refractivity contribution in [2.45, 2.75) is 19.4 Å². The van der Waals surface area contributed by atoms with Crippen molar-refractivity contribution < 1.29 is 9.53 Å². The standard InChI is InChI=1S/C14H17NO2S/c1-2-17-14(16)15-5-3-4-10-6-11-8-18-9-12(11)7-13(10)15/h3-6,12-13H,2,7-9H2,1H3. The van der Waals surface area contributed by atoms with Crippen LogP contribution in [0.5, 0.6) is 0 Å². The second-order valence-electron chi connectivity index (χ2n) is 4.80. The Labute approximate surface area is 112 Å². The molecule has 1 saturated heterocycles. The minimum atomic E-state index is -0.230. The highest BCUT2D eigenvalue weighted by atomic mass is 32.2. The molecule has 0 spiro atoms. The number of amides is 1. The SMILES string of the molecule is CCOC(=O)N1C=CC=C2C=C3CSCC3CC21. The molecule has 0 aromatic heterocycles. The van der Waals surface area contributed by atoms with Crippen molar-refractivity contribution in [1.29, 1.82) is 0 Å². The molecule has 0 aromatic rings. The maximum Gasteiger partial charge on any atom is 0.414 e. The minimum absolute atomic E-state index is 0.168. The van der Waals surface area contributed by atoms with Gasteiger partial charge in [-0.1, -0.05) is 17.7 Å². The molecule has 2 aliphatic heterocycles. The molecule has 2 unspecified atom stereocenters. The van der Waals surface area contributed by atoms with E-state index in [4.69, 9.17) is 4.74 Å². The monoisotopic (exact) mass is 263 g/mol. The van der Waals surface area contributed by atoms with Crippen LogP contribution in [0.4, 0.5) is 4.79 Å². The van der Waals surface area contributed by atoms with E-state index in [1.807, 2.05) is 31.0 Å². The number of carbonyl (C=O) groups excluding carboxylic acids is 1. The van der Waals surface area contributed by atoms with E-state index in [1.54, 1.807) is 10.5 Å². The second-order valence-corrected chi connectivity index (χ2v) is 5.83. The summed E-state index contributed by atoms with van der Waals surface area (Å²) in [4.78, 5) is 13.7. The van der Waals surface area contributed by atoms with Crippen LogP contribution in [0.2, 0.25) is 0 Å². The number of allylic oxidation sites excluding steroid dienone is 2. The van der Waals surface area contributed by atoms with Gasteiger partial charge in [0, 0.05) is 17.7 Å². The summed E-state index contributed by atoms with van der Waals surface area (Å²) in [6.45, 7) is 2.27. The van der Waals surface area contributed by atoms with E-state index >= 15 is 0 Å². The highest BCUT2D eigenvalue weighted by Gasteiger charge is 2.36. The summed E-state index contributed by atoms with van der Waals surface area (Å²) in [6, 6.07) is 0.168. The van der Waals surface area contributed by atoms with Crippen LogP contribution in [0.3, 0.4) is 0 Å². The Bertz CT molecular complexity index is 453. The van der Waals surface area contributed by atoms with Crippen molar-refractivity contribution >= 4 is 17.9 Å². The average Bonchev–Trinajstić information content (AvgIpc) is 2.82. The molecule has 2 atom stereocenters. The van der Waals surface area contributed by atoms with Crippen molar-refractivity contribution in [3.8, 4) is 0 Å². The second kappa shape index (κ2) is 4.84. The largest absolute Gasteiger partial charge is 0.449 e. The zero-order chi connectivity index (χ0) is 12.5. The van der Waals surface area contributed by atoms with E-state index in [9.17, 15) is 4.79 Å². The van der Waals surface area contributed by atoms with Crippen LogP contribution in [0.25, 0.3) is 0 Å². The third-order valence-electron chi connectivity index (χ3n) is 3.71. The van der Waals surface area contributed by atoms with Crippen LogP contribution in [-0.4, -0.2) is 35.1 Å². The van der Waals surface area contributed by atoms with Gasteiger partial charge in [-0.05, 0) is 30.9 Å². The Hall–Kier alpha value is -1.16. The molecule has 0 bridgehead atoms. The molecule has 18 heavy (non-hydrogen) atoms. The molecule has 1 aliphatic carbocycles. The minimum Gasteiger partial charge on any atom is -0.449 e. The fourth-order valence-corrected chi connectivity index (χ4v) is 4.12. The number of fused-ring (bicyclic) bond motifs is 2. The summed E-state index contributed by atoms with van der Waals surface area (Å²) >= 11 is 1.99. The molecule has 3 rings (SSSR count). The lowest BCUT2D eigenvalue weighted by molar-refractivity contribution is 0.110. The maximum absolute atomic E-state index is 11.9. The van der Waals surface area contributed by atoms with Gasteiger partial charge in [-0.15, -0.1) is 0 Å². The highest BCUT2D eigenvalue weighted by Crippen LogP contribution is 2.40. The average molecular weight is 263 g/mol. The smallest absolute Gasteiger partial charge is 0.414 e. The van der Waals surface area contributed by atoms with E-state index in [1.165, 1.54) is 11.3 Å². The highest BCUT2D eigenvalue weighted by molar-refractivity contribution is 7.99. The van der Waals surface area contributed by atoms with Crippen molar-refractivity contribution in [2.24, 2.45) is 5.92 Å². The topological polar surface area (TPSA) is 29.5 Å². The fourth-order valence-electron chi connectivity index (χ4n) is 2.81. The molecule has 3 nitrogen and oxygen atoms in total. The maximum atomic E-state index is 11.9. The van der Waals surface area contributed by atoms with Gasteiger partial charge in [-0.25, -0.2) is 4.79 Å². The number of thioether (sulfide) groups is 1. The van der Waals surface area contributed by atoms with Crippen molar-refractivity contribution in [2.75, 3.05) is 18.1 Å². The van der Waals surface area contributed by atoms with Gasteiger partial charge in [0.15, 0.2) is 0 Å². The molecular formula is C14H17NO2S. The van der Waals surface area contributed by atoms with Crippen molar-refractivity contribution in [3.05, 3.63) is 35.6 Å². The zero-order valence-electron chi connectivity index (χ0n) is 10.5. The van der Waals surface area contributed by atoms with Crippen LogP contribution in [0.1, 0.15) is 13.3 Å². The van der Waals surface area contributed by atoms with E-state index in [0.29, 0.717) is 12.5 Å². The van der Waals surface area contributed by atoms with Gasteiger partial charge in [0.25, 0.3) is 0 Å². The molecule has 3 aliphatic rings. The summed E-state index contributed by atoms with van der Waals surface area (Å²) in [5.41, 5.74) is 2.79. The molecule has 0 aromatic carbocycles. The van der Waals surface area contributed by atoms with Crippen LogP contribution in [0, 0.1) is 5.92 Å². The van der Waals surface area contributed by atoms with Gasteiger partial charge < -0.3 is 4.74 Å². The first kappa shape index (κ1) is 11.9. The number of rotatable bonds is 1. The number of hydrogen-bond donors (Lipinski definition) is 0. The quantitative estimate of drug-likeness (QED) is 0.728. The van der Waals surface area contributed by atoms with E-state index in [-0.39, 0.29) is 12.1 Å².